The maximum absolute atomic E-state index is 5.57. The molecule has 0 bridgehead atoms. The van der Waals surface area contributed by atoms with E-state index in [1.807, 2.05) is 19.2 Å². The SMILES string of the molecule is C#Cc1cc(N2CCNCC2)cnc1C(C)OC. The Morgan fingerprint density at radius 3 is 2.83 bits per heavy atom. The summed E-state index contributed by atoms with van der Waals surface area (Å²) < 4.78 is 5.28. The van der Waals surface area contributed by atoms with Crippen LogP contribution < -0.4 is 10.2 Å². The Morgan fingerprint density at radius 1 is 1.50 bits per heavy atom. The maximum Gasteiger partial charge on any atom is 0.0975 e. The van der Waals surface area contributed by atoms with Gasteiger partial charge in [-0.2, -0.15) is 0 Å². The number of hydrogen-bond donors (Lipinski definition) is 1. The zero-order chi connectivity index (χ0) is 13.0. The molecule has 4 heteroatoms. The molecule has 0 aromatic carbocycles. The Hall–Kier alpha value is -1.57. The van der Waals surface area contributed by atoms with Crippen LogP contribution in [0.25, 0.3) is 0 Å². The fraction of sp³-hybridized carbons (Fsp3) is 0.500. The molecule has 1 aliphatic heterocycles. The van der Waals surface area contributed by atoms with Crippen LogP contribution in [0, 0.1) is 12.3 Å². The zero-order valence-electron chi connectivity index (χ0n) is 10.9. The van der Waals surface area contributed by atoms with Gasteiger partial charge >= 0.3 is 0 Å². The first-order valence-electron chi connectivity index (χ1n) is 6.21. The monoisotopic (exact) mass is 245 g/mol. The van der Waals surface area contributed by atoms with E-state index in [1.165, 1.54) is 0 Å². The highest BCUT2D eigenvalue weighted by Gasteiger charge is 2.15. The molecule has 18 heavy (non-hydrogen) atoms. The highest BCUT2D eigenvalue weighted by Crippen LogP contribution is 2.22. The lowest BCUT2D eigenvalue weighted by molar-refractivity contribution is 0.116. The number of piperazine rings is 1. The number of terminal acetylenes is 1. The molecule has 1 aromatic rings. The van der Waals surface area contributed by atoms with Gasteiger partial charge in [0.15, 0.2) is 0 Å². The van der Waals surface area contributed by atoms with E-state index in [4.69, 9.17) is 11.2 Å². The van der Waals surface area contributed by atoms with E-state index in [-0.39, 0.29) is 6.10 Å². The van der Waals surface area contributed by atoms with E-state index >= 15 is 0 Å². The molecule has 2 rings (SSSR count). The molecule has 1 N–H and O–H groups in total. The second kappa shape index (κ2) is 5.85. The zero-order valence-corrected chi connectivity index (χ0v) is 10.9. The number of nitrogens with one attached hydrogen (secondary N) is 1. The summed E-state index contributed by atoms with van der Waals surface area (Å²) in [5.74, 6) is 2.71. The van der Waals surface area contributed by atoms with E-state index in [0.29, 0.717) is 0 Å². The molecule has 1 fully saturated rings. The molecule has 0 spiro atoms. The van der Waals surface area contributed by atoms with Gasteiger partial charge in [0.1, 0.15) is 0 Å². The van der Waals surface area contributed by atoms with Gasteiger partial charge in [-0.15, -0.1) is 6.42 Å². The van der Waals surface area contributed by atoms with Gasteiger partial charge < -0.3 is 15.0 Å². The van der Waals surface area contributed by atoms with Crippen molar-refractivity contribution < 1.29 is 4.74 Å². The molecule has 96 valence electrons. The van der Waals surface area contributed by atoms with E-state index in [1.54, 1.807) is 7.11 Å². The summed E-state index contributed by atoms with van der Waals surface area (Å²) in [5, 5.41) is 3.33. The summed E-state index contributed by atoms with van der Waals surface area (Å²) in [7, 11) is 1.66. The molecule has 1 aromatic heterocycles. The fourth-order valence-corrected chi connectivity index (χ4v) is 2.11. The smallest absolute Gasteiger partial charge is 0.0975 e. The third-order valence-corrected chi connectivity index (χ3v) is 3.28. The molecule has 0 amide bonds. The second-order valence-electron chi connectivity index (χ2n) is 4.39. The first-order valence-corrected chi connectivity index (χ1v) is 6.21. The molecular weight excluding hydrogens is 226 g/mol. The number of nitrogens with zero attached hydrogens (tertiary/aromatic N) is 2. The van der Waals surface area contributed by atoms with Crippen LogP contribution in [0.4, 0.5) is 5.69 Å². The van der Waals surface area contributed by atoms with Gasteiger partial charge in [0.2, 0.25) is 0 Å². The average molecular weight is 245 g/mol. The Morgan fingerprint density at radius 2 is 2.22 bits per heavy atom. The van der Waals surface area contributed by atoms with Gasteiger partial charge in [0.25, 0.3) is 0 Å². The number of methoxy groups -OCH3 is 1. The molecule has 0 radical (unpaired) electrons. The first-order chi connectivity index (χ1) is 8.76. The van der Waals surface area contributed by atoms with Crippen molar-refractivity contribution in [3.8, 4) is 12.3 Å². The van der Waals surface area contributed by atoms with Gasteiger partial charge in [-0.05, 0) is 13.0 Å². The summed E-state index contributed by atoms with van der Waals surface area (Å²) in [4.78, 5) is 6.76. The molecule has 1 atom stereocenters. The van der Waals surface area contributed by atoms with Crippen molar-refractivity contribution in [1.82, 2.24) is 10.3 Å². The van der Waals surface area contributed by atoms with Gasteiger partial charge in [0.05, 0.1) is 29.2 Å². The lowest BCUT2D eigenvalue weighted by Crippen LogP contribution is -2.43. The molecule has 0 aliphatic carbocycles. The van der Waals surface area contributed by atoms with Crippen LogP contribution in [0.15, 0.2) is 12.3 Å². The molecular formula is C14H19N3O. The number of hydrogen-bond acceptors (Lipinski definition) is 4. The van der Waals surface area contributed by atoms with Crippen LogP contribution >= 0.6 is 0 Å². The molecule has 2 heterocycles. The Labute approximate surface area is 108 Å². The van der Waals surface area contributed by atoms with Crippen molar-refractivity contribution >= 4 is 5.69 Å². The van der Waals surface area contributed by atoms with Crippen LogP contribution in [-0.4, -0.2) is 38.3 Å². The van der Waals surface area contributed by atoms with Crippen LogP contribution in [0.2, 0.25) is 0 Å². The van der Waals surface area contributed by atoms with Crippen LogP contribution in [-0.2, 0) is 4.74 Å². The summed E-state index contributed by atoms with van der Waals surface area (Å²) in [5.41, 5.74) is 2.75. The van der Waals surface area contributed by atoms with Gasteiger partial charge in [0, 0.05) is 33.3 Å². The highest BCUT2D eigenvalue weighted by atomic mass is 16.5. The van der Waals surface area contributed by atoms with Crippen molar-refractivity contribution in [3.63, 3.8) is 0 Å². The number of aromatic nitrogens is 1. The third-order valence-electron chi connectivity index (χ3n) is 3.28. The van der Waals surface area contributed by atoms with Crippen molar-refractivity contribution in [2.75, 3.05) is 38.2 Å². The third kappa shape index (κ3) is 2.63. The minimum absolute atomic E-state index is 0.0758. The Bertz CT molecular complexity index is 447. The lowest BCUT2D eigenvalue weighted by Gasteiger charge is -2.29. The molecule has 0 saturated carbocycles. The molecule has 1 unspecified atom stereocenters. The van der Waals surface area contributed by atoms with E-state index in [9.17, 15) is 0 Å². The molecule has 1 aliphatic rings. The second-order valence-corrected chi connectivity index (χ2v) is 4.39. The minimum Gasteiger partial charge on any atom is -0.375 e. The number of ether oxygens (including phenoxy) is 1. The highest BCUT2D eigenvalue weighted by molar-refractivity contribution is 5.52. The van der Waals surface area contributed by atoms with Crippen molar-refractivity contribution in [2.45, 2.75) is 13.0 Å². The quantitative estimate of drug-likeness (QED) is 0.811. The maximum atomic E-state index is 5.57. The van der Waals surface area contributed by atoms with Crippen LogP contribution in [0.5, 0.6) is 0 Å². The van der Waals surface area contributed by atoms with E-state index < -0.39 is 0 Å². The topological polar surface area (TPSA) is 37.4 Å². The summed E-state index contributed by atoms with van der Waals surface area (Å²) in [6.45, 7) is 5.94. The number of rotatable bonds is 3. The fourth-order valence-electron chi connectivity index (χ4n) is 2.11. The average Bonchev–Trinajstić information content (AvgIpc) is 2.46. The van der Waals surface area contributed by atoms with E-state index in [2.05, 4.69) is 21.1 Å². The molecule has 1 saturated heterocycles. The summed E-state index contributed by atoms with van der Waals surface area (Å²) in [6.07, 6.45) is 7.38. The van der Waals surface area contributed by atoms with E-state index in [0.717, 1.165) is 43.1 Å². The minimum atomic E-state index is -0.0758. The Balaban J connectivity index is 2.27. The number of pyridine rings is 1. The standard InChI is InChI=1S/C14H19N3O/c1-4-12-9-13(17-7-5-15-6-8-17)10-16-14(12)11(2)18-3/h1,9-11,15H,5-8H2,2-3H3. The molecule has 4 nitrogen and oxygen atoms in total. The normalized spacial score (nSPS) is 17.3. The predicted octanol–water partition coefficient (Wildman–Crippen LogP) is 1.18. The Kier molecular flexibility index (Phi) is 4.19. The largest absolute Gasteiger partial charge is 0.375 e. The summed E-state index contributed by atoms with van der Waals surface area (Å²) in [6, 6.07) is 2.03. The van der Waals surface area contributed by atoms with Crippen LogP contribution in [0.3, 0.4) is 0 Å². The van der Waals surface area contributed by atoms with Crippen molar-refractivity contribution in [3.05, 3.63) is 23.5 Å². The summed E-state index contributed by atoms with van der Waals surface area (Å²) >= 11 is 0. The van der Waals surface area contributed by atoms with Gasteiger partial charge in [-0.25, -0.2) is 0 Å². The van der Waals surface area contributed by atoms with Gasteiger partial charge in [-0.1, -0.05) is 5.92 Å². The van der Waals surface area contributed by atoms with Crippen molar-refractivity contribution in [2.24, 2.45) is 0 Å². The number of anilines is 1. The lowest BCUT2D eigenvalue weighted by atomic mass is 10.1. The first kappa shape index (κ1) is 12.9. The van der Waals surface area contributed by atoms with Crippen LogP contribution in [0.1, 0.15) is 24.3 Å². The predicted molar refractivity (Wildman–Crippen MR) is 72.7 cm³/mol. The van der Waals surface area contributed by atoms with Crippen molar-refractivity contribution in [1.29, 1.82) is 0 Å². The van der Waals surface area contributed by atoms with Gasteiger partial charge in [-0.3, -0.25) is 4.98 Å².